The van der Waals surface area contributed by atoms with E-state index >= 15 is 0 Å². The molecule has 0 N–H and O–H groups in total. The topological polar surface area (TPSA) is 80.8 Å². The number of nitrogens with zero attached hydrogens (tertiary/aromatic N) is 4. The zero-order valence-corrected chi connectivity index (χ0v) is 16.9. The zero-order valence-electron chi connectivity index (χ0n) is 16.1. The molecule has 1 aromatic carbocycles. The van der Waals surface area contributed by atoms with E-state index < -0.39 is 0 Å². The van der Waals surface area contributed by atoms with Gasteiger partial charge < -0.3 is 4.74 Å². The molecule has 29 heavy (non-hydrogen) atoms. The molecule has 1 aliphatic rings. The van der Waals surface area contributed by atoms with Crippen molar-refractivity contribution in [3.8, 4) is 17.3 Å². The van der Waals surface area contributed by atoms with Crippen LogP contribution in [0.5, 0.6) is 0 Å². The summed E-state index contributed by atoms with van der Waals surface area (Å²) in [4.78, 5) is 17.1. The van der Waals surface area contributed by atoms with Crippen LogP contribution in [0.25, 0.3) is 11.3 Å². The lowest BCUT2D eigenvalue weighted by atomic mass is 10.1. The van der Waals surface area contributed by atoms with Crippen molar-refractivity contribution in [1.82, 2.24) is 14.8 Å². The summed E-state index contributed by atoms with van der Waals surface area (Å²) < 4.78 is 6.93. The maximum atomic E-state index is 12.4. The number of rotatable bonds is 5. The minimum Gasteiger partial charge on any atom is -0.465 e. The zero-order chi connectivity index (χ0) is 20.2. The molecule has 3 aromatic rings. The van der Waals surface area contributed by atoms with Gasteiger partial charge in [-0.3, -0.25) is 4.68 Å². The number of ether oxygens (including phenoxy) is 1. The van der Waals surface area contributed by atoms with E-state index in [4.69, 9.17) is 9.72 Å². The van der Waals surface area contributed by atoms with Crippen LogP contribution in [-0.2, 0) is 23.5 Å². The van der Waals surface area contributed by atoms with E-state index in [2.05, 4.69) is 11.2 Å². The van der Waals surface area contributed by atoms with Gasteiger partial charge in [-0.1, -0.05) is 42.1 Å². The van der Waals surface area contributed by atoms with E-state index in [-0.39, 0.29) is 5.97 Å². The van der Waals surface area contributed by atoms with E-state index in [0.717, 1.165) is 42.8 Å². The van der Waals surface area contributed by atoms with Crippen molar-refractivity contribution in [2.45, 2.75) is 36.6 Å². The molecular formula is C22H20N4O2S. The summed E-state index contributed by atoms with van der Waals surface area (Å²) in [6.07, 6.45) is 2.93. The summed E-state index contributed by atoms with van der Waals surface area (Å²) in [5.74, 6) is 0.0971. The number of aryl methyl sites for hydroxylation is 1. The summed E-state index contributed by atoms with van der Waals surface area (Å²) >= 11 is 1.42. The van der Waals surface area contributed by atoms with E-state index in [0.29, 0.717) is 27.6 Å². The number of aromatic nitrogens is 3. The van der Waals surface area contributed by atoms with Gasteiger partial charge in [0.1, 0.15) is 16.7 Å². The Labute approximate surface area is 173 Å². The molecule has 3 heterocycles. The first-order chi connectivity index (χ1) is 14.2. The molecule has 146 valence electrons. The van der Waals surface area contributed by atoms with Crippen LogP contribution in [-0.4, -0.2) is 27.8 Å². The predicted molar refractivity (Wildman–Crippen MR) is 110 cm³/mol. The second-order valence-corrected chi connectivity index (χ2v) is 7.72. The van der Waals surface area contributed by atoms with Gasteiger partial charge in [-0.25, -0.2) is 9.78 Å². The Morgan fingerprint density at radius 1 is 1.24 bits per heavy atom. The first-order valence-electron chi connectivity index (χ1n) is 9.47. The average molecular weight is 404 g/mol. The summed E-state index contributed by atoms with van der Waals surface area (Å²) in [7, 11) is 1.39. The molecule has 0 saturated heterocycles. The first-order valence-corrected chi connectivity index (χ1v) is 10.5. The molecule has 1 aliphatic heterocycles. The lowest BCUT2D eigenvalue weighted by molar-refractivity contribution is 0.0598. The number of fused-ring (bicyclic) bond motifs is 1. The summed E-state index contributed by atoms with van der Waals surface area (Å²) in [5.41, 5.74) is 4.52. The highest BCUT2D eigenvalue weighted by Crippen LogP contribution is 2.30. The SMILES string of the molecule is COC(=O)c1c(CSc2nc(-c3ccccc3)ccc2C#N)nn2c1CCCC2. The fourth-order valence-electron chi connectivity index (χ4n) is 3.53. The van der Waals surface area contributed by atoms with Gasteiger partial charge in [0, 0.05) is 17.9 Å². The molecule has 0 amide bonds. The third-order valence-electron chi connectivity index (χ3n) is 4.95. The molecular weight excluding hydrogens is 384 g/mol. The van der Waals surface area contributed by atoms with Gasteiger partial charge in [0.15, 0.2) is 0 Å². The first kappa shape index (κ1) is 19.2. The van der Waals surface area contributed by atoms with Gasteiger partial charge in [-0.2, -0.15) is 10.4 Å². The number of esters is 1. The fourth-order valence-corrected chi connectivity index (χ4v) is 4.43. The maximum Gasteiger partial charge on any atom is 0.341 e. The Kier molecular flexibility index (Phi) is 5.63. The minimum atomic E-state index is -0.352. The Hall–Kier alpha value is -3.11. The van der Waals surface area contributed by atoms with E-state index in [9.17, 15) is 10.1 Å². The Bertz CT molecular complexity index is 1090. The van der Waals surface area contributed by atoms with Crippen LogP contribution in [0.15, 0.2) is 47.5 Å². The Balaban J connectivity index is 1.65. The molecule has 0 fully saturated rings. The van der Waals surface area contributed by atoms with E-state index in [1.54, 1.807) is 6.07 Å². The summed E-state index contributed by atoms with van der Waals surface area (Å²) in [6, 6.07) is 15.7. The lowest BCUT2D eigenvalue weighted by Gasteiger charge is -2.13. The second-order valence-electron chi connectivity index (χ2n) is 6.76. The average Bonchev–Trinajstić information content (AvgIpc) is 3.16. The number of pyridine rings is 1. The Morgan fingerprint density at radius 2 is 2.07 bits per heavy atom. The molecule has 6 nitrogen and oxygen atoms in total. The number of nitriles is 1. The predicted octanol–water partition coefficient (Wildman–Crippen LogP) is 4.23. The van der Waals surface area contributed by atoms with Crippen molar-refractivity contribution in [2.24, 2.45) is 0 Å². The number of carbonyl (C=O) groups is 1. The third kappa shape index (κ3) is 3.89. The van der Waals surface area contributed by atoms with Gasteiger partial charge in [0.2, 0.25) is 0 Å². The lowest BCUT2D eigenvalue weighted by Crippen LogP contribution is -2.14. The summed E-state index contributed by atoms with van der Waals surface area (Å²) in [5, 5.41) is 14.8. The molecule has 7 heteroatoms. The van der Waals surface area contributed by atoms with Crippen LogP contribution in [0.1, 0.15) is 40.2 Å². The van der Waals surface area contributed by atoms with E-state index in [1.165, 1.54) is 18.9 Å². The van der Waals surface area contributed by atoms with Crippen LogP contribution < -0.4 is 0 Å². The standard InChI is InChI=1S/C22H20N4O2S/c1-28-22(27)20-18(25-26-12-6-5-9-19(20)26)14-29-21-16(13-23)10-11-17(24-21)15-7-3-2-4-8-15/h2-4,7-8,10-11H,5-6,9,12,14H2,1H3. The normalized spacial score (nSPS) is 12.8. The van der Waals surface area contributed by atoms with Gasteiger partial charge in [0.25, 0.3) is 0 Å². The smallest absolute Gasteiger partial charge is 0.341 e. The molecule has 0 atom stereocenters. The minimum absolute atomic E-state index is 0.352. The van der Waals surface area contributed by atoms with Gasteiger partial charge >= 0.3 is 5.97 Å². The van der Waals surface area contributed by atoms with Crippen LogP contribution in [0.4, 0.5) is 0 Å². The second kappa shape index (κ2) is 8.50. The number of methoxy groups -OCH3 is 1. The van der Waals surface area contributed by atoms with Gasteiger partial charge in [-0.15, -0.1) is 0 Å². The highest BCUT2D eigenvalue weighted by molar-refractivity contribution is 7.98. The number of hydrogen-bond acceptors (Lipinski definition) is 6. The molecule has 0 unspecified atom stereocenters. The van der Waals surface area contributed by atoms with Crippen molar-refractivity contribution < 1.29 is 9.53 Å². The third-order valence-corrected chi connectivity index (χ3v) is 5.95. The van der Waals surface area contributed by atoms with Gasteiger partial charge in [0.05, 0.1) is 29.8 Å². The van der Waals surface area contributed by atoms with Crippen molar-refractivity contribution in [1.29, 1.82) is 5.26 Å². The highest BCUT2D eigenvalue weighted by Gasteiger charge is 2.26. The highest BCUT2D eigenvalue weighted by atomic mass is 32.2. The summed E-state index contributed by atoms with van der Waals surface area (Å²) in [6.45, 7) is 0.815. The number of hydrogen-bond donors (Lipinski definition) is 0. The monoisotopic (exact) mass is 404 g/mol. The molecule has 4 rings (SSSR count). The quantitative estimate of drug-likeness (QED) is 0.468. The number of benzene rings is 1. The molecule has 0 aliphatic carbocycles. The van der Waals surface area contributed by atoms with Crippen LogP contribution in [0.3, 0.4) is 0 Å². The van der Waals surface area contributed by atoms with Crippen molar-refractivity contribution in [3.05, 3.63) is 65.0 Å². The van der Waals surface area contributed by atoms with E-state index in [1.807, 2.05) is 41.1 Å². The molecule has 0 spiro atoms. The van der Waals surface area contributed by atoms with Crippen LogP contribution in [0.2, 0.25) is 0 Å². The molecule has 2 aromatic heterocycles. The van der Waals surface area contributed by atoms with Crippen molar-refractivity contribution in [2.75, 3.05) is 7.11 Å². The number of thioether (sulfide) groups is 1. The fraction of sp³-hybridized carbons (Fsp3) is 0.273. The maximum absolute atomic E-state index is 12.4. The largest absolute Gasteiger partial charge is 0.465 e. The van der Waals surface area contributed by atoms with Crippen molar-refractivity contribution >= 4 is 17.7 Å². The van der Waals surface area contributed by atoms with Crippen LogP contribution in [0, 0.1) is 11.3 Å². The number of carbonyl (C=O) groups excluding carboxylic acids is 1. The van der Waals surface area contributed by atoms with Crippen molar-refractivity contribution in [3.63, 3.8) is 0 Å². The van der Waals surface area contributed by atoms with Crippen LogP contribution >= 0.6 is 11.8 Å². The molecule has 0 radical (unpaired) electrons. The van der Waals surface area contributed by atoms with Gasteiger partial charge in [-0.05, 0) is 31.4 Å². The molecule has 0 saturated carbocycles. The Morgan fingerprint density at radius 3 is 2.83 bits per heavy atom. The molecule has 0 bridgehead atoms.